The summed E-state index contributed by atoms with van der Waals surface area (Å²) in [5, 5.41) is 21.1. The van der Waals surface area contributed by atoms with E-state index in [1.807, 2.05) is 6.07 Å². The minimum Gasteiger partial charge on any atom is -0.387 e. The van der Waals surface area contributed by atoms with Crippen molar-refractivity contribution in [1.82, 2.24) is 30.1 Å². The average molecular weight is 437 g/mol. The van der Waals surface area contributed by atoms with Gasteiger partial charge in [-0.3, -0.25) is 4.79 Å². The number of anilines is 2. The molecule has 0 spiro atoms. The summed E-state index contributed by atoms with van der Waals surface area (Å²) in [5.41, 5.74) is -0.754. The maximum absolute atomic E-state index is 13.3. The highest BCUT2D eigenvalue weighted by atomic mass is 19.4. The number of alkyl halides is 2. The molecule has 0 radical (unpaired) electrons. The van der Waals surface area contributed by atoms with Crippen molar-refractivity contribution in [2.45, 2.75) is 18.9 Å². The third kappa shape index (κ3) is 3.94. The summed E-state index contributed by atoms with van der Waals surface area (Å²) >= 11 is 0. The SMILES string of the molecule is CNc1cnnc(C(F)F)c1.C[C@]1(N(F)F)CN(C=O)c2cnc3cc(C#N)nn3c21. The monoisotopic (exact) mass is 437 g/mol. The molecule has 31 heavy (non-hydrogen) atoms. The quantitative estimate of drug-likeness (QED) is 0.376. The predicted molar refractivity (Wildman–Crippen MR) is 99.1 cm³/mol. The number of hydrogen-bond acceptors (Lipinski definition) is 8. The largest absolute Gasteiger partial charge is 0.387 e. The van der Waals surface area contributed by atoms with Crippen molar-refractivity contribution >= 4 is 23.4 Å². The molecule has 1 atom stereocenters. The van der Waals surface area contributed by atoms with Crippen LogP contribution in [0.2, 0.25) is 0 Å². The molecule has 3 aromatic heterocycles. The summed E-state index contributed by atoms with van der Waals surface area (Å²) in [6.45, 7) is 1.07. The van der Waals surface area contributed by atoms with Gasteiger partial charge >= 0.3 is 0 Å². The van der Waals surface area contributed by atoms with Gasteiger partial charge in [0.15, 0.2) is 11.3 Å². The molecule has 4 rings (SSSR count). The molecule has 0 bridgehead atoms. The Balaban J connectivity index is 0.000000210. The minimum atomic E-state index is -2.56. The van der Waals surface area contributed by atoms with Crippen molar-refractivity contribution in [3.8, 4) is 6.07 Å². The summed E-state index contributed by atoms with van der Waals surface area (Å²) in [7, 11) is 1.63. The molecule has 0 saturated carbocycles. The fourth-order valence-electron chi connectivity index (χ4n) is 3.04. The lowest BCUT2D eigenvalue weighted by Gasteiger charge is -2.23. The second-order valence-corrected chi connectivity index (χ2v) is 6.56. The van der Waals surface area contributed by atoms with E-state index in [-0.39, 0.29) is 35.0 Å². The Hall–Kier alpha value is -3.86. The van der Waals surface area contributed by atoms with Gasteiger partial charge in [-0.25, -0.2) is 18.3 Å². The molecule has 3 aromatic rings. The number of hydrogen-bond donors (Lipinski definition) is 1. The van der Waals surface area contributed by atoms with Crippen LogP contribution in [0.25, 0.3) is 5.65 Å². The van der Waals surface area contributed by atoms with E-state index in [0.29, 0.717) is 12.1 Å². The van der Waals surface area contributed by atoms with Crippen molar-refractivity contribution in [3.05, 3.63) is 41.6 Å². The molecular formula is C17H15F4N9O. The second-order valence-electron chi connectivity index (χ2n) is 6.56. The molecule has 1 aliphatic rings. The van der Waals surface area contributed by atoms with E-state index in [1.54, 1.807) is 7.05 Å². The predicted octanol–water partition coefficient (Wildman–Crippen LogP) is 2.32. The number of amides is 1. The normalized spacial score (nSPS) is 17.3. The fraction of sp³-hybridized carbons (Fsp3) is 0.294. The van der Waals surface area contributed by atoms with Crippen LogP contribution in [0.3, 0.4) is 0 Å². The van der Waals surface area contributed by atoms with E-state index < -0.39 is 17.3 Å². The maximum atomic E-state index is 13.3. The Kier molecular flexibility index (Phi) is 5.97. The highest BCUT2D eigenvalue weighted by Crippen LogP contribution is 2.42. The first-order valence-electron chi connectivity index (χ1n) is 8.66. The third-order valence-electron chi connectivity index (χ3n) is 4.56. The Morgan fingerprint density at radius 1 is 1.35 bits per heavy atom. The third-order valence-corrected chi connectivity index (χ3v) is 4.56. The van der Waals surface area contributed by atoms with Gasteiger partial charge in [-0.1, -0.05) is 0 Å². The van der Waals surface area contributed by atoms with Gasteiger partial charge < -0.3 is 10.2 Å². The zero-order chi connectivity index (χ0) is 22.8. The van der Waals surface area contributed by atoms with Crippen molar-refractivity contribution in [2.75, 3.05) is 23.8 Å². The van der Waals surface area contributed by atoms with Gasteiger partial charge in [0, 0.05) is 18.5 Å². The summed E-state index contributed by atoms with van der Waals surface area (Å²) in [6.07, 6.45) is 0.619. The van der Waals surface area contributed by atoms with Crippen LogP contribution in [0.5, 0.6) is 0 Å². The van der Waals surface area contributed by atoms with Crippen LogP contribution in [-0.4, -0.2) is 50.1 Å². The second kappa shape index (κ2) is 8.48. The van der Waals surface area contributed by atoms with Crippen LogP contribution >= 0.6 is 0 Å². The van der Waals surface area contributed by atoms with Crippen molar-refractivity contribution < 1.29 is 22.5 Å². The summed E-state index contributed by atoms with van der Waals surface area (Å²) in [6, 6.07) is 4.49. The first kappa shape index (κ1) is 21.8. The smallest absolute Gasteiger partial charge is 0.282 e. The van der Waals surface area contributed by atoms with Crippen LogP contribution in [0, 0.1) is 11.3 Å². The Morgan fingerprint density at radius 3 is 2.68 bits per heavy atom. The molecule has 1 aliphatic heterocycles. The number of nitrogens with zero attached hydrogens (tertiary/aromatic N) is 8. The molecule has 1 amide bonds. The summed E-state index contributed by atoms with van der Waals surface area (Å²) in [5.74, 6) is 0. The van der Waals surface area contributed by atoms with Crippen molar-refractivity contribution in [2.24, 2.45) is 0 Å². The number of carbonyl (C=O) groups excluding carboxylic acids is 1. The Morgan fingerprint density at radius 2 is 2.10 bits per heavy atom. The first-order valence-corrected chi connectivity index (χ1v) is 8.66. The van der Waals surface area contributed by atoms with Gasteiger partial charge in [-0.15, -0.1) is 14.1 Å². The lowest BCUT2D eigenvalue weighted by molar-refractivity contribution is -0.226. The van der Waals surface area contributed by atoms with Crippen LogP contribution in [-0.2, 0) is 10.3 Å². The van der Waals surface area contributed by atoms with Crippen LogP contribution in [0.15, 0.2) is 24.5 Å². The van der Waals surface area contributed by atoms with Crippen molar-refractivity contribution in [3.63, 3.8) is 0 Å². The lowest BCUT2D eigenvalue weighted by atomic mass is 10.0. The Bertz CT molecular complexity index is 1150. The van der Waals surface area contributed by atoms with Crippen molar-refractivity contribution in [1.29, 1.82) is 5.26 Å². The van der Waals surface area contributed by atoms with Crippen LogP contribution < -0.4 is 10.2 Å². The fourth-order valence-corrected chi connectivity index (χ4v) is 3.04. The van der Waals surface area contributed by atoms with E-state index >= 15 is 0 Å². The number of carbonyl (C=O) groups is 1. The standard InChI is InChI=1S/C11H8F2N6O.C6H7F2N3/c1-11(19(12)13)5-17(6-20)8-4-15-9-2-7(3-14)16-18(9)10(8)11;1-9-4-2-5(6(7)8)11-10-3-4/h2,4,6H,5H2,1H3;2-3,6H,1H3,(H,9,11)/t11-;/m0./s1. The van der Waals surface area contributed by atoms with E-state index in [2.05, 4.69) is 25.6 Å². The Labute approximate surface area is 172 Å². The molecular weight excluding hydrogens is 422 g/mol. The minimum absolute atomic E-state index is 0.0714. The molecule has 0 aliphatic carbocycles. The van der Waals surface area contributed by atoms with Gasteiger partial charge in [0.2, 0.25) is 6.41 Å². The average Bonchev–Trinajstić information content (AvgIpc) is 3.33. The highest BCUT2D eigenvalue weighted by Gasteiger charge is 2.48. The molecule has 0 aromatic carbocycles. The topological polar surface area (TPSA) is 115 Å². The molecule has 4 heterocycles. The van der Waals surface area contributed by atoms with Gasteiger partial charge in [-0.2, -0.15) is 15.5 Å². The molecule has 0 fully saturated rings. The molecule has 1 N–H and O–H groups in total. The first-order chi connectivity index (χ1) is 14.7. The van der Waals surface area contributed by atoms with Gasteiger partial charge in [0.1, 0.15) is 17.3 Å². The molecule has 14 heteroatoms. The zero-order valence-electron chi connectivity index (χ0n) is 16.2. The number of halogens is 4. The summed E-state index contributed by atoms with van der Waals surface area (Å²) < 4.78 is 51.7. The molecule has 0 unspecified atom stereocenters. The van der Waals surface area contributed by atoms with Gasteiger partial charge in [-0.05, 0) is 13.0 Å². The number of nitriles is 1. The highest BCUT2D eigenvalue weighted by molar-refractivity contribution is 5.80. The number of nitrogens with one attached hydrogen (secondary N) is 1. The number of fused-ring (bicyclic) bond motifs is 3. The lowest BCUT2D eigenvalue weighted by Crippen LogP contribution is -2.39. The number of rotatable bonds is 4. The molecule has 10 nitrogen and oxygen atoms in total. The van der Waals surface area contributed by atoms with E-state index in [4.69, 9.17) is 5.26 Å². The van der Waals surface area contributed by atoms with Crippen LogP contribution in [0.1, 0.15) is 30.4 Å². The summed E-state index contributed by atoms with van der Waals surface area (Å²) in [4.78, 5) is 16.2. The van der Waals surface area contributed by atoms with E-state index in [9.17, 15) is 22.5 Å². The zero-order valence-corrected chi connectivity index (χ0v) is 16.2. The molecule has 162 valence electrons. The van der Waals surface area contributed by atoms with Gasteiger partial charge in [0.05, 0.1) is 36.0 Å². The van der Waals surface area contributed by atoms with E-state index in [0.717, 1.165) is 4.90 Å². The van der Waals surface area contributed by atoms with Crippen LogP contribution in [0.4, 0.5) is 29.1 Å². The van der Waals surface area contributed by atoms with Gasteiger partial charge in [0.25, 0.3) is 6.43 Å². The molecule has 0 saturated heterocycles. The number of aromatic nitrogens is 5. The maximum Gasteiger partial charge on any atom is 0.282 e. The van der Waals surface area contributed by atoms with E-state index in [1.165, 1.54) is 36.0 Å².